The third kappa shape index (κ3) is 4.90. The molecule has 0 spiro atoms. The molecule has 104 valence electrons. The monoisotopic (exact) mass is 329 g/mol. The average Bonchev–Trinajstić information content (AvgIpc) is 2.36. The van der Waals surface area contributed by atoms with Crippen molar-refractivity contribution in [1.29, 1.82) is 0 Å². The standard InChI is InChI=1S/C13H16BrNO4/c1-8(3-6-12(16)17)15-13(18)9-4-5-11(19-2)10(14)7-9/h4-5,7-8H,3,6H2,1-2H3,(H,15,18)(H,16,17). The van der Waals surface area contributed by atoms with Gasteiger partial charge in [0.05, 0.1) is 11.6 Å². The minimum atomic E-state index is -0.867. The van der Waals surface area contributed by atoms with E-state index >= 15 is 0 Å². The van der Waals surface area contributed by atoms with Crippen molar-refractivity contribution >= 4 is 27.8 Å². The van der Waals surface area contributed by atoms with Gasteiger partial charge in [0, 0.05) is 18.0 Å². The molecule has 0 saturated carbocycles. The number of nitrogens with one attached hydrogen (secondary N) is 1. The highest BCUT2D eigenvalue weighted by atomic mass is 79.9. The molecule has 0 radical (unpaired) electrons. The zero-order chi connectivity index (χ0) is 14.4. The van der Waals surface area contributed by atoms with Crippen molar-refractivity contribution in [2.45, 2.75) is 25.8 Å². The third-order valence-electron chi connectivity index (χ3n) is 2.58. The fraction of sp³-hybridized carbons (Fsp3) is 0.385. The topological polar surface area (TPSA) is 75.6 Å². The van der Waals surface area contributed by atoms with Crippen LogP contribution in [-0.2, 0) is 4.79 Å². The molecule has 1 atom stereocenters. The molecule has 0 fully saturated rings. The molecule has 6 heteroatoms. The number of hydrogen-bond acceptors (Lipinski definition) is 3. The molecule has 1 aromatic rings. The second-order valence-electron chi connectivity index (χ2n) is 4.16. The van der Waals surface area contributed by atoms with Gasteiger partial charge in [0.2, 0.25) is 0 Å². The molecule has 0 aliphatic carbocycles. The van der Waals surface area contributed by atoms with E-state index < -0.39 is 5.97 Å². The van der Waals surface area contributed by atoms with Crippen molar-refractivity contribution in [3.63, 3.8) is 0 Å². The molecule has 2 N–H and O–H groups in total. The van der Waals surface area contributed by atoms with Gasteiger partial charge in [-0.15, -0.1) is 0 Å². The Hall–Kier alpha value is -1.56. The molecule has 1 rings (SSSR count). The minimum absolute atomic E-state index is 0.0355. The van der Waals surface area contributed by atoms with E-state index in [1.807, 2.05) is 0 Å². The third-order valence-corrected chi connectivity index (χ3v) is 3.20. The average molecular weight is 330 g/mol. The number of rotatable bonds is 6. The zero-order valence-corrected chi connectivity index (χ0v) is 12.4. The second kappa shape index (κ2) is 7.13. The molecule has 0 bridgehead atoms. The van der Waals surface area contributed by atoms with Crippen LogP contribution in [0.5, 0.6) is 5.75 Å². The van der Waals surface area contributed by atoms with Crippen LogP contribution in [0.1, 0.15) is 30.1 Å². The number of aliphatic carboxylic acids is 1. The van der Waals surface area contributed by atoms with Gasteiger partial charge in [-0.1, -0.05) is 0 Å². The summed E-state index contributed by atoms with van der Waals surface area (Å²) in [4.78, 5) is 22.4. The zero-order valence-electron chi connectivity index (χ0n) is 10.8. The Morgan fingerprint density at radius 1 is 1.47 bits per heavy atom. The van der Waals surface area contributed by atoms with Gasteiger partial charge in [-0.2, -0.15) is 0 Å². The summed E-state index contributed by atoms with van der Waals surface area (Å²) in [7, 11) is 1.55. The number of methoxy groups -OCH3 is 1. The number of carboxylic acid groups (broad SMARTS) is 1. The number of amides is 1. The molecule has 0 heterocycles. The van der Waals surface area contributed by atoms with Crippen LogP contribution in [0, 0.1) is 0 Å². The lowest BCUT2D eigenvalue weighted by molar-refractivity contribution is -0.137. The van der Waals surface area contributed by atoms with Gasteiger partial charge in [-0.25, -0.2) is 0 Å². The Morgan fingerprint density at radius 3 is 2.68 bits per heavy atom. The van der Waals surface area contributed by atoms with E-state index in [1.165, 1.54) is 0 Å². The van der Waals surface area contributed by atoms with Crippen molar-refractivity contribution in [1.82, 2.24) is 5.32 Å². The molecular weight excluding hydrogens is 314 g/mol. The number of hydrogen-bond donors (Lipinski definition) is 2. The quantitative estimate of drug-likeness (QED) is 0.840. The summed E-state index contributed by atoms with van der Waals surface area (Å²) in [5.41, 5.74) is 0.495. The molecule has 19 heavy (non-hydrogen) atoms. The van der Waals surface area contributed by atoms with Crippen LogP contribution in [0.25, 0.3) is 0 Å². The molecule has 5 nitrogen and oxygen atoms in total. The first-order valence-corrected chi connectivity index (χ1v) is 6.59. The van der Waals surface area contributed by atoms with Gasteiger partial charge in [-0.3, -0.25) is 9.59 Å². The first kappa shape index (κ1) is 15.5. The summed E-state index contributed by atoms with van der Waals surface area (Å²) in [6.07, 6.45) is 0.437. The second-order valence-corrected chi connectivity index (χ2v) is 5.01. The Morgan fingerprint density at radius 2 is 2.16 bits per heavy atom. The first-order valence-electron chi connectivity index (χ1n) is 5.80. The van der Waals surface area contributed by atoms with Crippen molar-refractivity contribution in [3.05, 3.63) is 28.2 Å². The van der Waals surface area contributed by atoms with Crippen LogP contribution in [-0.4, -0.2) is 30.1 Å². The van der Waals surface area contributed by atoms with Crippen molar-refractivity contribution < 1.29 is 19.4 Å². The molecule has 0 aromatic heterocycles. The highest BCUT2D eigenvalue weighted by Crippen LogP contribution is 2.25. The van der Waals surface area contributed by atoms with E-state index in [-0.39, 0.29) is 18.4 Å². The molecule has 1 aromatic carbocycles. The Kier molecular flexibility index (Phi) is 5.82. The van der Waals surface area contributed by atoms with Crippen LogP contribution in [0.15, 0.2) is 22.7 Å². The van der Waals surface area contributed by atoms with Gasteiger partial charge in [0.1, 0.15) is 5.75 Å². The van der Waals surface area contributed by atoms with Gasteiger partial charge in [0.25, 0.3) is 5.91 Å². The summed E-state index contributed by atoms with van der Waals surface area (Å²) in [5, 5.41) is 11.3. The van der Waals surface area contributed by atoms with Gasteiger partial charge >= 0.3 is 5.97 Å². The van der Waals surface area contributed by atoms with E-state index in [0.717, 1.165) is 0 Å². The lowest BCUT2D eigenvalue weighted by Gasteiger charge is -2.13. The molecule has 1 amide bonds. The van der Waals surface area contributed by atoms with Crippen LogP contribution < -0.4 is 10.1 Å². The van der Waals surface area contributed by atoms with Crippen LogP contribution in [0.2, 0.25) is 0 Å². The summed E-state index contributed by atoms with van der Waals surface area (Å²) < 4.78 is 5.78. The van der Waals surface area contributed by atoms with Gasteiger partial charge in [0.15, 0.2) is 0 Å². The van der Waals surface area contributed by atoms with Gasteiger partial charge < -0.3 is 15.2 Å². The number of ether oxygens (including phenoxy) is 1. The number of carbonyl (C=O) groups excluding carboxylic acids is 1. The van der Waals surface area contributed by atoms with Crippen LogP contribution in [0.4, 0.5) is 0 Å². The smallest absolute Gasteiger partial charge is 0.303 e. The predicted molar refractivity (Wildman–Crippen MR) is 74.5 cm³/mol. The van der Waals surface area contributed by atoms with Crippen molar-refractivity contribution in [3.8, 4) is 5.75 Å². The minimum Gasteiger partial charge on any atom is -0.496 e. The van der Waals surface area contributed by atoms with E-state index in [0.29, 0.717) is 22.2 Å². The van der Waals surface area contributed by atoms with E-state index in [9.17, 15) is 9.59 Å². The maximum absolute atomic E-state index is 11.9. The normalized spacial score (nSPS) is 11.7. The fourth-order valence-corrected chi connectivity index (χ4v) is 2.07. The largest absolute Gasteiger partial charge is 0.496 e. The number of carbonyl (C=O) groups is 2. The fourth-order valence-electron chi connectivity index (χ4n) is 1.53. The SMILES string of the molecule is COc1ccc(C(=O)NC(C)CCC(=O)O)cc1Br. The molecule has 0 aliphatic heterocycles. The van der Waals surface area contributed by atoms with E-state index in [4.69, 9.17) is 9.84 Å². The molecule has 1 unspecified atom stereocenters. The van der Waals surface area contributed by atoms with Crippen LogP contribution >= 0.6 is 15.9 Å². The Balaban J connectivity index is 2.62. The van der Waals surface area contributed by atoms with Crippen molar-refractivity contribution in [2.75, 3.05) is 7.11 Å². The first-order chi connectivity index (χ1) is 8.93. The van der Waals surface area contributed by atoms with Gasteiger partial charge in [-0.05, 0) is 47.5 Å². The number of carboxylic acids is 1. The maximum atomic E-state index is 11.9. The lowest BCUT2D eigenvalue weighted by Crippen LogP contribution is -2.32. The number of halogens is 1. The highest BCUT2D eigenvalue weighted by molar-refractivity contribution is 9.10. The summed E-state index contributed by atoms with van der Waals surface area (Å²) >= 11 is 3.31. The summed E-state index contributed by atoms with van der Waals surface area (Å²) in [5.74, 6) is -0.454. The van der Waals surface area contributed by atoms with Crippen molar-refractivity contribution in [2.24, 2.45) is 0 Å². The maximum Gasteiger partial charge on any atom is 0.303 e. The Labute approximate surface area is 120 Å². The van der Waals surface area contributed by atoms with E-state index in [2.05, 4.69) is 21.2 Å². The molecule has 0 saturated heterocycles. The lowest BCUT2D eigenvalue weighted by atomic mass is 10.1. The highest BCUT2D eigenvalue weighted by Gasteiger charge is 2.12. The molecular formula is C13H16BrNO4. The van der Waals surface area contributed by atoms with Crippen LogP contribution in [0.3, 0.4) is 0 Å². The van der Waals surface area contributed by atoms with E-state index in [1.54, 1.807) is 32.2 Å². The Bertz CT molecular complexity index is 476. The predicted octanol–water partition coefficient (Wildman–Crippen LogP) is 2.44. The molecule has 0 aliphatic rings. The summed E-state index contributed by atoms with van der Waals surface area (Å²) in [6, 6.07) is 4.83. The summed E-state index contributed by atoms with van der Waals surface area (Å²) in [6.45, 7) is 1.78. The number of benzene rings is 1.